The van der Waals surface area contributed by atoms with Gasteiger partial charge in [0.15, 0.2) is 0 Å². The minimum atomic E-state index is -0.346. The average Bonchev–Trinajstić information content (AvgIpc) is 2.67. The standard InChI is InChI=1S/C10H18N2O2S/c1-2-8(9(11)15)10(13)12-6-7-4-3-5-14-7/h7-8H,2-6H2,1H3,(H2,11,15)(H,12,13). The molecule has 0 saturated carbocycles. The fourth-order valence-electron chi connectivity index (χ4n) is 1.66. The number of carbonyl (C=O) groups is 1. The Labute approximate surface area is 95.5 Å². The average molecular weight is 230 g/mol. The van der Waals surface area contributed by atoms with Crippen LogP contribution < -0.4 is 11.1 Å². The van der Waals surface area contributed by atoms with E-state index in [2.05, 4.69) is 5.32 Å². The molecule has 86 valence electrons. The lowest BCUT2D eigenvalue weighted by molar-refractivity contribution is -0.123. The smallest absolute Gasteiger partial charge is 0.230 e. The minimum absolute atomic E-state index is 0.0829. The minimum Gasteiger partial charge on any atom is -0.393 e. The van der Waals surface area contributed by atoms with E-state index in [1.165, 1.54) is 0 Å². The van der Waals surface area contributed by atoms with Crippen LogP contribution in [0.5, 0.6) is 0 Å². The fraction of sp³-hybridized carbons (Fsp3) is 0.800. The molecule has 1 amide bonds. The molecule has 1 rings (SSSR count). The Bertz CT molecular complexity index is 240. The summed E-state index contributed by atoms with van der Waals surface area (Å²) in [5.74, 6) is -0.429. The molecule has 0 aromatic heterocycles. The summed E-state index contributed by atoms with van der Waals surface area (Å²) in [5.41, 5.74) is 5.47. The first kappa shape index (κ1) is 12.4. The second kappa shape index (κ2) is 6.02. The Hall–Kier alpha value is -0.680. The van der Waals surface area contributed by atoms with Gasteiger partial charge in [-0.2, -0.15) is 0 Å². The molecular weight excluding hydrogens is 212 g/mol. The van der Waals surface area contributed by atoms with Gasteiger partial charge in [0, 0.05) is 13.2 Å². The van der Waals surface area contributed by atoms with Crippen molar-refractivity contribution in [1.29, 1.82) is 0 Å². The second-order valence-electron chi connectivity index (χ2n) is 3.74. The van der Waals surface area contributed by atoms with Crippen LogP contribution in [-0.2, 0) is 9.53 Å². The van der Waals surface area contributed by atoms with Gasteiger partial charge < -0.3 is 15.8 Å². The van der Waals surface area contributed by atoms with Crippen molar-refractivity contribution in [1.82, 2.24) is 5.32 Å². The SMILES string of the molecule is CCC(C(=O)NCC1CCCO1)C(N)=S. The molecule has 0 bridgehead atoms. The number of carbonyl (C=O) groups excluding carboxylic acids is 1. The molecule has 4 nitrogen and oxygen atoms in total. The molecule has 0 aliphatic carbocycles. The third-order valence-corrected chi connectivity index (χ3v) is 2.88. The molecule has 15 heavy (non-hydrogen) atoms. The highest BCUT2D eigenvalue weighted by Crippen LogP contribution is 2.11. The van der Waals surface area contributed by atoms with Gasteiger partial charge in [0.25, 0.3) is 0 Å². The third kappa shape index (κ3) is 3.76. The maximum atomic E-state index is 11.6. The second-order valence-corrected chi connectivity index (χ2v) is 4.21. The Balaban J connectivity index is 2.30. The van der Waals surface area contributed by atoms with Crippen molar-refractivity contribution in [2.24, 2.45) is 11.7 Å². The number of hydrogen-bond donors (Lipinski definition) is 2. The van der Waals surface area contributed by atoms with Crippen LogP contribution in [0, 0.1) is 5.92 Å². The summed E-state index contributed by atoms with van der Waals surface area (Å²) < 4.78 is 5.40. The number of hydrogen-bond acceptors (Lipinski definition) is 3. The first-order valence-corrected chi connectivity index (χ1v) is 5.74. The molecule has 0 spiro atoms. The van der Waals surface area contributed by atoms with Gasteiger partial charge in [-0.3, -0.25) is 4.79 Å². The summed E-state index contributed by atoms with van der Waals surface area (Å²) in [7, 11) is 0. The maximum Gasteiger partial charge on any atom is 0.230 e. The summed E-state index contributed by atoms with van der Waals surface area (Å²) >= 11 is 4.83. The van der Waals surface area contributed by atoms with Gasteiger partial charge in [0.2, 0.25) is 5.91 Å². The number of rotatable bonds is 5. The van der Waals surface area contributed by atoms with Gasteiger partial charge in [-0.1, -0.05) is 19.1 Å². The fourth-order valence-corrected chi connectivity index (χ4v) is 1.93. The Morgan fingerprint density at radius 2 is 2.47 bits per heavy atom. The zero-order valence-corrected chi connectivity index (χ0v) is 9.81. The molecular formula is C10H18N2O2S. The van der Waals surface area contributed by atoms with E-state index in [1.807, 2.05) is 6.92 Å². The van der Waals surface area contributed by atoms with Crippen LogP contribution in [0.2, 0.25) is 0 Å². The Kier molecular flexibility index (Phi) is 4.98. The van der Waals surface area contributed by atoms with Gasteiger partial charge in [0.05, 0.1) is 17.0 Å². The van der Waals surface area contributed by atoms with Gasteiger partial charge in [-0.05, 0) is 19.3 Å². The number of amides is 1. The molecule has 2 unspecified atom stereocenters. The summed E-state index contributed by atoms with van der Waals surface area (Å²) in [4.78, 5) is 11.9. The highest BCUT2D eigenvalue weighted by atomic mass is 32.1. The number of thiocarbonyl (C=S) groups is 1. The van der Waals surface area contributed by atoms with Crippen LogP contribution in [0.4, 0.5) is 0 Å². The zero-order valence-electron chi connectivity index (χ0n) is 8.99. The lowest BCUT2D eigenvalue weighted by atomic mass is 10.1. The summed E-state index contributed by atoms with van der Waals surface area (Å²) in [5, 5.41) is 2.83. The monoisotopic (exact) mass is 230 g/mol. The molecule has 1 fully saturated rings. The Morgan fingerprint density at radius 1 is 1.73 bits per heavy atom. The van der Waals surface area contributed by atoms with Crippen molar-refractivity contribution in [3.63, 3.8) is 0 Å². The molecule has 0 aromatic carbocycles. The predicted molar refractivity (Wildman–Crippen MR) is 62.6 cm³/mol. The van der Waals surface area contributed by atoms with Gasteiger partial charge in [0.1, 0.15) is 0 Å². The zero-order chi connectivity index (χ0) is 11.3. The molecule has 0 radical (unpaired) electrons. The normalized spacial score (nSPS) is 22.3. The van der Waals surface area contributed by atoms with Crippen LogP contribution in [0.25, 0.3) is 0 Å². The van der Waals surface area contributed by atoms with Crippen molar-refractivity contribution < 1.29 is 9.53 Å². The van der Waals surface area contributed by atoms with E-state index < -0.39 is 0 Å². The van der Waals surface area contributed by atoms with E-state index >= 15 is 0 Å². The first-order chi connectivity index (χ1) is 7.15. The lowest BCUT2D eigenvalue weighted by Crippen LogP contribution is -2.40. The van der Waals surface area contributed by atoms with E-state index in [-0.39, 0.29) is 22.9 Å². The molecule has 0 aromatic rings. The van der Waals surface area contributed by atoms with Crippen molar-refractivity contribution in [2.75, 3.05) is 13.2 Å². The van der Waals surface area contributed by atoms with Crippen LogP contribution in [0.15, 0.2) is 0 Å². The highest BCUT2D eigenvalue weighted by Gasteiger charge is 2.21. The van der Waals surface area contributed by atoms with Gasteiger partial charge >= 0.3 is 0 Å². The maximum absolute atomic E-state index is 11.6. The molecule has 1 aliphatic heterocycles. The van der Waals surface area contributed by atoms with Crippen LogP contribution in [0.3, 0.4) is 0 Å². The lowest BCUT2D eigenvalue weighted by Gasteiger charge is -2.15. The summed E-state index contributed by atoms with van der Waals surface area (Å²) in [6, 6.07) is 0. The van der Waals surface area contributed by atoms with Crippen molar-refractivity contribution in [2.45, 2.75) is 32.3 Å². The van der Waals surface area contributed by atoms with E-state index in [4.69, 9.17) is 22.7 Å². The topological polar surface area (TPSA) is 64.3 Å². The van der Waals surface area contributed by atoms with Crippen molar-refractivity contribution >= 4 is 23.1 Å². The van der Waals surface area contributed by atoms with Gasteiger partial charge in [-0.25, -0.2) is 0 Å². The van der Waals surface area contributed by atoms with E-state index in [0.717, 1.165) is 19.4 Å². The van der Waals surface area contributed by atoms with Crippen molar-refractivity contribution in [3.05, 3.63) is 0 Å². The third-order valence-electron chi connectivity index (χ3n) is 2.60. The van der Waals surface area contributed by atoms with E-state index in [1.54, 1.807) is 0 Å². The Morgan fingerprint density at radius 3 is 2.93 bits per heavy atom. The number of nitrogens with one attached hydrogen (secondary N) is 1. The first-order valence-electron chi connectivity index (χ1n) is 5.33. The molecule has 1 aliphatic rings. The molecule has 1 heterocycles. The summed E-state index contributed by atoms with van der Waals surface area (Å²) in [6.45, 7) is 3.26. The molecule has 5 heteroatoms. The molecule has 1 saturated heterocycles. The largest absolute Gasteiger partial charge is 0.393 e. The molecule has 3 N–H and O–H groups in total. The van der Waals surface area contributed by atoms with E-state index in [9.17, 15) is 4.79 Å². The number of ether oxygens (including phenoxy) is 1. The highest BCUT2D eigenvalue weighted by molar-refractivity contribution is 7.80. The quantitative estimate of drug-likeness (QED) is 0.679. The van der Waals surface area contributed by atoms with Gasteiger partial charge in [-0.15, -0.1) is 0 Å². The number of nitrogens with two attached hydrogens (primary N) is 1. The molecule has 2 atom stereocenters. The predicted octanol–water partition coefficient (Wildman–Crippen LogP) is 0.594. The van der Waals surface area contributed by atoms with Crippen LogP contribution in [-0.4, -0.2) is 30.2 Å². The van der Waals surface area contributed by atoms with Crippen molar-refractivity contribution in [3.8, 4) is 0 Å². The van der Waals surface area contributed by atoms with Crippen LogP contribution in [0.1, 0.15) is 26.2 Å². The van der Waals surface area contributed by atoms with E-state index in [0.29, 0.717) is 13.0 Å². The van der Waals surface area contributed by atoms with Crippen LogP contribution >= 0.6 is 12.2 Å². The summed E-state index contributed by atoms with van der Waals surface area (Å²) in [6.07, 6.45) is 2.90.